The van der Waals surface area contributed by atoms with E-state index in [4.69, 9.17) is 4.74 Å². The predicted octanol–water partition coefficient (Wildman–Crippen LogP) is 2.13. The smallest absolute Gasteiger partial charge is 0.325 e. The van der Waals surface area contributed by atoms with Crippen molar-refractivity contribution in [1.29, 1.82) is 0 Å². The van der Waals surface area contributed by atoms with E-state index in [9.17, 15) is 14.4 Å². The molecule has 0 radical (unpaired) electrons. The third-order valence-electron chi connectivity index (χ3n) is 5.24. The van der Waals surface area contributed by atoms with Crippen molar-refractivity contribution in [2.75, 3.05) is 13.7 Å². The van der Waals surface area contributed by atoms with Crippen LogP contribution in [0.1, 0.15) is 50.6 Å². The third kappa shape index (κ3) is 3.38. The molecule has 1 aromatic carbocycles. The number of rotatable bonds is 5. The average Bonchev–Trinajstić information content (AvgIpc) is 2.86. The molecule has 2 fully saturated rings. The van der Waals surface area contributed by atoms with Crippen LogP contribution >= 0.6 is 0 Å². The molecule has 26 heavy (non-hydrogen) atoms. The summed E-state index contributed by atoms with van der Waals surface area (Å²) in [6.45, 7) is 1.57. The first kappa shape index (κ1) is 18.2. The number of carbonyl (C=O) groups is 3. The molecule has 1 aromatic rings. The number of amides is 4. The van der Waals surface area contributed by atoms with E-state index in [0.717, 1.165) is 29.7 Å². The predicted molar refractivity (Wildman–Crippen MR) is 95.6 cm³/mol. The molecule has 1 saturated heterocycles. The van der Waals surface area contributed by atoms with Crippen LogP contribution in [0.5, 0.6) is 5.75 Å². The van der Waals surface area contributed by atoms with Crippen LogP contribution in [0.2, 0.25) is 0 Å². The molecule has 1 heterocycles. The Morgan fingerprint density at radius 3 is 2.65 bits per heavy atom. The summed E-state index contributed by atoms with van der Waals surface area (Å²) in [5, 5.41) is 5.65. The largest absolute Gasteiger partial charge is 0.496 e. The fourth-order valence-corrected chi connectivity index (χ4v) is 3.85. The summed E-state index contributed by atoms with van der Waals surface area (Å²) in [5.74, 6) is 0.0264. The zero-order valence-electron chi connectivity index (χ0n) is 15.2. The van der Waals surface area contributed by atoms with Crippen LogP contribution in [0.15, 0.2) is 24.3 Å². The highest BCUT2D eigenvalue weighted by Gasteiger charge is 2.51. The molecule has 0 aromatic heterocycles. The first-order valence-corrected chi connectivity index (χ1v) is 9.03. The number of imide groups is 1. The number of ether oxygens (including phenoxy) is 1. The quantitative estimate of drug-likeness (QED) is 0.789. The van der Waals surface area contributed by atoms with Crippen molar-refractivity contribution >= 4 is 17.8 Å². The Kier molecular flexibility index (Phi) is 5.15. The Hall–Kier alpha value is -2.57. The summed E-state index contributed by atoms with van der Waals surface area (Å²) >= 11 is 0. The van der Waals surface area contributed by atoms with Gasteiger partial charge in [0.1, 0.15) is 17.8 Å². The van der Waals surface area contributed by atoms with Gasteiger partial charge < -0.3 is 15.4 Å². The van der Waals surface area contributed by atoms with Gasteiger partial charge in [-0.3, -0.25) is 14.5 Å². The second kappa shape index (κ2) is 7.35. The normalized spacial score (nSPS) is 20.0. The van der Waals surface area contributed by atoms with Gasteiger partial charge in [0, 0.05) is 5.56 Å². The molecule has 1 aliphatic carbocycles. The molecule has 1 saturated carbocycles. The van der Waals surface area contributed by atoms with Crippen LogP contribution in [0.3, 0.4) is 0 Å². The highest BCUT2D eigenvalue weighted by Crippen LogP contribution is 2.33. The number of hydrogen-bond acceptors (Lipinski definition) is 4. The van der Waals surface area contributed by atoms with Crippen LogP contribution in [0.4, 0.5) is 4.79 Å². The second-order valence-electron chi connectivity index (χ2n) is 7.00. The number of hydrogen-bond donors (Lipinski definition) is 2. The van der Waals surface area contributed by atoms with Crippen molar-refractivity contribution in [3.63, 3.8) is 0 Å². The summed E-state index contributed by atoms with van der Waals surface area (Å²) in [7, 11) is 1.57. The first-order chi connectivity index (χ1) is 12.5. The van der Waals surface area contributed by atoms with Gasteiger partial charge in [0.25, 0.3) is 5.91 Å². The molecule has 1 atom stereocenters. The van der Waals surface area contributed by atoms with Crippen LogP contribution < -0.4 is 15.4 Å². The standard InChI is InChI=1S/C19H25N3O4/c1-13(14-8-4-5-9-15(14)26-2)20-16(23)12-22-17(24)19(21-18(22)25)10-6-3-7-11-19/h4-5,8-9,13H,3,6-7,10-12H2,1-2H3,(H,20,23)(H,21,25)/t13-/m1/s1. The van der Waals surface area contributed by atoms with Crippen molar-refractivity contribution in [2.45, 2.75) is 50.6 Å². The fraction of sp³-hybridized carbons (Fsp3) is 0.526. The van der Waals surface area contributed by atoms with E-state index in [0.29, 0.717) is 18.6 Å². The van der Waals surface area contributed by atoms with E-state index in [1.165, 1.54) is 0 Å². The molecule has 1 spiro atoms. The zero-order chi connectivity index (χ0) is 18.7. The van der Waals surface area contributed by atoms with Crippen LogP contribution in [-0.2, 0) is 9.59 Å². The lowest BCUT2D eigenvalue weighted by Crippen LogP contribution is -2.49. The summed E-state index contributed by atoms with van der Waals surface area (Å²) in [4.78, 5) is 38.4. The highest BCUT2D eigenvalue weighted by atomic mass is 16.5. The third-order valence-corrected chi connectivity index (χ3v) is 5.24. The van der Waals surface area contributed by atoms with Crippen molar-refractivity contribution in [3.8, 4) is 5.75 Å². The summed E-state index contributed by atoms with van der Waals surface area (Å²) in [6, 6.07) is 6.63. The molecular weight excluding hydrogens is 334 g/mol. The summed E-state index contributed by atoms with van der Waals surface area (Å²) in [5.41, 5.74) is 0.0356. The topological polar surface area (TPSA) is 87.7 Å². The molecule has 7 nitrogen and oxygen atoms in total. The Morgan fingerprint density at radius 1 is 1.27 bits per heavy atom. The maximum absolute atomic E-state index is 12.7. The number of benzene rings is 1. The number of nitrogens with one attached hydrogen (secondary N) is 2. The van der Waals surface area contributed by atoms with Gasteiger partial charge in [0.05, 0.1) is 13.2 Å². The molecule has 1 aliphatic heterocycles. The molecule has 0 unspecified atom stereocenters. The van der Waals surface area contributed by atoms with Gasteiger partial charge in [0.2, 0.25) is 5.91 Å². The molecule has 7 heteroatoms. The van der Waals surface area contributed by atoms with Crippen LogP contribution in [-0.4, -0.2) is 41.9 Å². The van der Waals surface area contributed by atoms with E-state index in [2.05, 4.69) is 10.6 Å². The molecule has 2 N–H and O–H groups in total. The van der Waals surface area contributed by atoms with Crippen molar-refractivity contribution in [2.24, 2.45) is 0 Å². The minimum Gasteiger partial charge on any atom is -0.496 e. The average molecular weight is 359 g/mol. The zero-order valence-corrected chi connectivity index (χ0v) is 15.2. The fourth-order valence-electron chi connectivity index (χ4n) is 3.85. The summed E-state index contributed by atoms with van der Waals surface area (Å²) in [6.07, 6.45) is 4.19. The van der Waals surface area contributed by atoms with Crippen molar-refractivity contribution in [1.82, 2.24) is 15.5 Å². The van der Waals surface area contributed by atoms with Crippen LogP contribution in [0.25, 0.3) is 0 Å². The minimum atomic E-state index is -0.802. The Bertz CT molecular complexity index is 712. The Morgan fingerprint density at radius 2 is 1.96 bits per heavy atom. The monoisotopic (exact) mass is 359 g/mol. The van der Waals surface area contributed by atoms with Gasteiger partial charge in [0.15, 0.2) is 0 Å². The van der Waals surface area contributed by atoms with Gasteiger partial charge >= 0.3 is 6.03 Å². The molecule has 2 aliphatic rings. The molecule has 4 amide bonds. The van der Waals surface area contributed by atoms with E-state index >= 15 is 0 Å². The lowest BCUT2D eigenvalue weighted by atomic mass is 9.82. The number of carbonyl (C=O) groups excluding carboxylic acids is 3. The van der Waals surface area contributed by atoms with E-state index in [1.807, 2.05) is 31.2 Å². The molecule has 140 valence electrons. The van der Waals surface area contributed by atoms with Crippen molar-refractivity contribution < 1.29 is 19.1 Å². The van der Waals surface area contributed by atoms with Gasteiger partial charge in [-0.25, -0.2) is 4.79 Å². The molecular formula is C19H25N3O4. The minimum absolute atomic E-state index is 0.272. The summed E-state index contributed by atoms with van der Waals surface area (Å²) < 4.78 is 5.31. The first-order valence-electron chi connectivity index (χ1n) is 9.03. The second-order valence-corrected chi connectivity index (χ2v) is 7.00. The van der Waals surface area contributed by atoms with Crippen LogP contribution in [0, 0.1) is 0 Å². The Labute approximate surface area is 153 Å². The van der Waals surface area contributed by atoms with E-state index < -0.39 is 11.6 Å². The van der Waals surface area contributed by atoms with Gasteiger partial charge in [-0.1, -0.05) is 37.5 Å². The maximum Gasteiger partial charge on any atom is 0.325 e. The SMILES string of the molecule is COc1ccccc1[C@@H](C)NC(=O)CN1C(=O)NC2(CCCCC2)C1=O. The van der Waals surface area contributed by atoms with Gasteiger partial charge in [-0.2, -0.15) is 0 Å². The number of urea groups is 1. The number of nitrogens with zero attached hydrogens (tertiary/aromatic N) is 1. The lowest BCUT2D eigenvalue weighted by molar-refractivity contribution is -0.136. The molecule has 0 bridgehead atoms. The van der Waals surface area contributed by atoms with Gasteiger partial charge in [-0.15, -0.1) is 0 Å². The highest BCUT2D eigenvalue weighted by molar-refractivity contribution is 6.09. The lowest BCUT2D eigenvalue weighted by Gasteiger charge is -2.30. The molecule has 3 rings (SSSR count). The van der Waals surface area contributed by atoms with Gasteiger partial charge in [-0.05, 0) is 25.8 Å². The maximum atomic E-state index is 12.7. The van der Waals surface area contributed by atoms with E-state index in [-0.39, 0.29) is 24.4 Å². The number of para-hydroxylation sites is 1. The number of methoxy groups -OCH3 is 1. The van der Waals surface area contributed by atoms with E-state index in [1.54, 1.807) is 7.11 Å². The van der Waals surface area contributed by atoms with Crippen molar-refractivity contribution in [3.05, 3.63) is 29.8 Å². The Balaban J connectivity index is 1.64.